The number of hydrogen-bond acceptors (Lipinski definition) is 5. The average Bonchev–Trinajstić information content (AvgIpc) is 2.66. The number of halogens is 1. The molecule has 8 nitrogen and oxygen atoms in total. The SMILES string of the molecule is Cc1ccccc1NC(=O)COc1ccc(Cl)cc1C=C1C(=O)NC(=O)NC1=O. The lowest BCUT2D eigenvalue weighted by Crippen LogP contribution is -2.51. The number of barbiturate groups is 1. The molecule has 9 heteroatoms. The number of amides is 5. The van der Waals surface area contributed by atoms with Gasteiger partial charge in [0.05, 0.1) is 0 Å². The standard InChI is InChI=1S/C20H16ClN3O5/c1-11-4-2-3-5-15(11)22-17(25)10-29-16-7-6-13(21)8-12(16)9-14-18(26)23-20(28)24-19(14)27/h2-9H,10H2,1H3,(H,22,25)(H2,23,24,26,27,28). The van der Waals surface area contributed by atoms with Crippen LogP contribution in [0, 0.1) is 6.92 Å². The van der Waals surface area contributed by atoms with Crippen molar-refractivity contribution in [2.75, 3.05) is 11.9 Å². The highest BCUT2D eigenvalue weighted by Crippen LogP contribution is 2.26. The van der Waals surface area contributed by atoms with Gasteiger partial charge in [-0.1, -0.05) is 29.8 Å². The number of carbonyl (C=O) groups is 4. The minimum atomic E-state index is -0.896. The molecule has 1 aliphatic rings. The van der Waals surface area contributed by atoms with Gasteiger partial charge in [0, 0.05) is 16.3 Å². The van der Waals surface area contributed by atoms with Crippen molar-refractivity contribution in [1.29, 1.82) is 0 Å². The fourth-order valence-electron chi connectivity index (χ4n) is 2.57. The summed E-state index contributed by atoms with van der Waals surface area (Å²) in [6.45, 7) is 1.56. The van der Waals surface area contributed by atoms with Crippen LogP contribution in [0.1, 0.15) is 11.1 Å². The van der Waals surface area contributed by atoms with Gasteiger partial charge in [-0.2, -0.15) is 0 Å². The summed E-state index contributed by atoms with van der Waals surface area (Å²) in [6, 6.07) is 10.9. The Morgan fingerprint density at radius 1 is 1.10 bits per heavy atom. The minimum Gasteiger partial charge on any atom is -0.483 e. The molecule has 1 fully saturated rings. The molecule has 0 atom stereocenters. The number of benzene rings is 2. The van der Waals surface area contributed by atoms with Gasteiger partial charge in [-0.15, -0.1) is 0 Å². The van der Waals surface area contributed by atoms with Crippen LogP contribution in [-0.4, -0.2) is 30.4 Å². The van der Waals surface area contributed by atoms with E-state index in [-0.39, 0.29) is 23.8 Å². The summed E-state index contributed by atoms with van der Waals surface area (Å²) in [5, 5.41) is 7.04. The van der Waals surface area contributed by atoms with Crippen LogP contribution in [0.4, 0.5) is 10.5 Å². The van der Waals surface area contributed by atoms with Gasteiger partial charge in [0.2, 0.25) is 0 Å². The molecule has 0 aromatic heterocycles. The second-order valence-electron chi connectivity index (χ2n) is 6.13. The Kier molecular flexibility index (Phi) is 5.94. The van der Waals surface area contributed by atoms with E-state index in [2.05, 4.69) is 5.32 Å². The first kappa shape index (κ1) is 20.1. The molecule has 3 rings (SSSR count). The van der Waals surface area contributed by atoms with Crippen LogP contribution in [0.15, 0.2) is 48.0 Å². The van der Waals surface area contributed by atoms with Gasteiger partial charge in [-0.3, -0.25) is 25.0 Å². The molecule has 1 aliphatic heterocycles. The quantitative estimate of drug-likeness (QED) is 0.514. The van der Waals surface area contributed by atoms with Gasteiger partial charge in [-0.05, 0) is 42.8 Å². The number of imide groups is 2. The van der Waals surface area contributed by atoms with E-state index >= 15 is 0 Å². The zero-order valence-corrected chi connectivity index (χ0v) is 16.0. The van der Waals surface area contributed by atoms with Crippen LogP contribution in [-0.2, 0) is 14.4 Å². The average molecular weight is 414 g/mol. The third-order valence-corrected chi connectivity index (χ3v) is 4.23. The summed E-state index contributed by atoms with van der Waals surface area (Å²) < 4.78 is 5.55. The van der Waals surface area contributed by atoms with Crippen molar-refractivity contribution in [2.45, 2.75) is 6.92 Å². The molecule has 0 aliphatic carbocycles. The number of ether oxygens (including phenoxy) is 1. The smallest absolute Gasteiger partial charge is 0.328 e. The van der Waals surface area contributed by atoms with E-state index in [1.54, 1.807) is 18.2 Å². The summed E-state index contributed by atoms with van der Waals surface area (Å²) in [7, 11) is 0. The normalized spacial score (nSPS) is 13.4. The van der Waals surface area contributed by atoms with Gasteiger partial charge >= 0.3 is 6.03 Å². The van der Waals surface area contributed by atoms with Gasteiger partial charge in [0.15, 0.2) is 6.61 Å². The largest absolute Gasteiger partial charge is 0.483 e. The minimum absolute atomic E-state index is 0.235. The Morgan fingerprint density at radius 2 is 1.79 bits per heavy atom. The van der Waals surface area contributed by atoms with Crippen molar-refractivity contribution in [3.63, 3.8) is 0 Å². The van der Waals surface area contributed by atoms with Crippen molar-refractivity contribution in [3.05, 3.63) is 64.2 Å². The van der Waals surface area contributed by atoms with Crippen molar-refractivity contribution in [2.24, 2.45) is 0 Å². The fraction of sp³-hybridized carbons (Fsp3) is 0.100. The van der Waals surface area contributed by atoms with Crippen LogP contribution in [0.5, 0.6) is 5.75 Å². The number of anilines is 1. The maximum atomic E-state index is 12.2. The number of aryl methyl sites for hydroxylation is 1. The van der Waals surface area contributed by atoms with E-state index in [0.717, 1.165) is 5.56 Å². The van der Waals surface area contributed by atoms with Crippen LogP contribution in [0.25, 0.3) is 6.08 Å². The molecular weight excluding hydrogens is 398 g/mol. The Hall–Kier alpha value is -3.65. The second kappa shape index (κ2) is 8.57. The van der Waals surface area contributed by atoms with Gasteiger partial charge in [-0.25, -0.2) is 4.79 Å². The first-order valence-corrected chi connectivity index (χ1v) is 8.87. The van der Waals surface area contributed by atoms with Crippen LogP contribution < -0.4 is 20.7 Å². The first-order valence-electron chi connectivity index (χ1n) is 8.49. The highest BCUT2D eigenvalue weighted by Gasteiger charge is 2.28. The molecule has 0 radical (unpaired) electrons. The number of rotatable bonds is 5. The number of urea groups is 1. The van der Waals surface area contributed by atoms with Gasteiger partial charge in [0.25, 0.3) is 17.7 Å². The summed E-state index contributed by atoms with van der Waals surface area (Å²) in [6.07, 6.45) is 1.23. The van der Waals surface area contributed by atoms with Gasteiger partial charge in [0.1, 0.15) is 11.3 Å². The monoisotopic (exact) mass is 413 g/mol. The van der Waals surface area contributed by atoms with Crippen LogP contribution >= 0.6 is 11.6 Å². The molecule has 1 heterocycles. The van der Waals surface area contributed by atoms with E-state index < -0.39 is 17.8 Å². The van der Waals surface area contributed by atoms with E-state index in [0.29, 0.717) is 16.3 Å². The summed E-state index contributed by atoms with van der Waals surface area (Å²) in [4.78, 5) is 47.2. The third kappa shape index (κ3) is 4.99. The number of para-hydroxylation sites is 1. The molecule has 0 bridgehead atoms. The maximum absolute atomic E-state index is 12.2. The van der Waals surface area contributed by atoms with Crippen molar-refractivity contribution >= 4 is 47.1 Å². The van der Waals surface area contributed by atoms with Crippen molar-refractivity contribution in [3.8, 4) is 5.75 Å². The lowest BCUT2D eigenvalue weighted by molar-refractivity contribution is -0.124. The van der Waals surface area contributed by atoms with Crippen molar-refractivity contribution in [1.82, 2.24) is 10.6 Å². The van der Waals surface area contributed by atoms with Gasteiger partial charge < -0.3 is 10.1 Å². The van der Waals surface area contributed by atoms with E-state index in [1.165, 1.54) is 18.2 Å². The molecule has 0 unspecified atom stereocenters. The molecule has 0 spiro atoms. The zero-order chi connectivity index (χ0) is 21.0. The van der Waals surface area contributed by atoms with Crippen molar-refractivity contribution < 1.29 is 23.9 Å². The first-order chi connectivity index (χ1) is 13.8. The molecular formula is C20H16ClN3O5. The molecule has 3 N–H and O–H groups in total. The highest BCUT2D eigenvalue weighted by molar-refractivity contribution is 6.32. The van der Waals surface area contributed by atoms with Crippen LogP contribution in [0.2, 0.25) is 5.02 Å². The van der Waals surface area contributed by atoms with E-state index in [9.17, 15) is 19.2 Å². The number of nitrogens with one attached hydrogen (secondary N) is 3. The zero-order valence-electron chi connectivity index (χ0n) is 15.2. The predicted octanol–water partition coefficient (Wildman–Crippen LogP) is 2.42. The topological polar surface area (TPSA) is 114 Å². The van der Waals surface area contributed by atoms with E-state index in [1.807, 2.05) is 29.7 Å². The number of carbonyl (C=O) groups excluding carboxylic acids is 4. The predicted molar refractivity (Wildman–Crippen MR) is 106 cm³/mol. The molecule has 5 amide bonds. The lowest BCUT2D eigenvalue weighted by atomic mass is 10.1. The molecule has 2 aromatic carbocycles. The molecule has 2 aromatic rings. The van der Waals surface area contributed by atoms with E-state index in [4.69, 9.17) is 16.3 Å². The molecule has 0 saturated carbocycles. The molecule has 148 valence electrons. The van der Waals surface area contributed by atoms with Crippen LogP contribution in [0.3, 0.4) is 0 Å². The molecule has 1 saturated heterocycles. The Labute approximate surface area is 170 Å². The lowest BCUT2D eigenvalue weighted by Gasteiger charge is -2.15. The highest BCUT2D eigenvalue weighted by atomic mass is 35.5. The Balaban J connectivity index is 1.77. The summed E-state index contributed by atoms with van der Waals surface area (Å²) in [5.74, 6) is -1.84. The summed E-state index contributed by atoms with van der Waals surface area (Å²) >= 11 is 6.00. The second-order valence-corrected chi connectivity index (χ2v) is 6.57. The molecule has 29 heavy (non-hydrogen) atoms. The Bertz CT molecular complexity index is 1030. The summed E-state index contributed by atoms with van der Waals surface area (Å²) in [5.41, 5.74) is 1.58. The maximum Gasteiger partial charge on any atom is 0.328 e. The Morgan fingerprint density at radius 3 is 2.48 bits per heavy atom. The fourth-order valence-corrected chi connectivity index (χ4v) is 2.75. The third-order valence-electron chi connectivity index (χ3n) is 3.99. The number of hydrogen-bond donors (Lipinski definition) is 3.